The van der Waals surface area contributed by atoms with Crippen molar-refractivity contribution in [1.29, 1.82) is 0 Å². The molecule has 1 aliphatic heterocycles. The molecule has 0 bridgehead atoms. The van der Waals surface area contributed by atoms with Crippen LogP contribution in [0.1, 0.15) is 38.4 Å². The summed E-state index contributed by atoms with van der Waals surface area (Å²) in [7, 11) is -3.72. The van der Waals surface area contributed by atoms with Crippen LogP contribution in [-0.2, 0) is 29.5 Å². The molecule has 0 unspecified atom stereocenters. The number of benzene rings is 3. The highest BCUT2D eigenvalue weighted by molar-refractivity contribution is 7.89. The summed E-state index contributed by atoms with van der Waals surface area (Å²) in [5.41, 5.74) is 6.21. The van der Waals surface area contributed by atoms with Crippen molar-refractivity contribution in [3.05, 3.63) is 105 Å². The van der Waals surface area contributed by atoms with Crippen LogP contribution in [0.3, 0.4) is 0 Å². The van der Waals surface area contributed by atoms with Gasteiger partial charge in [-0.2, -0.15) is 9.40 Å². The first-order chi connectivity index (χ1) is 20.1. The molecule has 1 aliphatic rings. The van der Waals surface area contributed by atoms with Crippen LogP contribution in [0.25, 0.3) is 10.2 Å². The Kier molecular flexibility index (Phi) is 7.65. The molecule has 2 aromatic heterocycles. The smallest absolute Gasteiger partial charge is 0.260 e. The molecule has 0 aliphatic carbocycles. The minimum absolute atomic E-state index is 0.165. The molecule has 11 heteroatoms. The standard InChI is InChI=1S/C31H30ClN5O3S2/c1-20-16-26(32)18-28-29(20)33-31(41-28)36(14-15-37-22(3)17-21(2)34-37)30(38)24-8-10-27(11-9-24)42(39,40)35-13-12-23-6-4-5-7-25(23)19-35/h4-11,16-18H,12-15,19H2,1-3H3. The van der Waals surface area contributed by atoms with E-state index in [1.54, 1.807) is 17.0 Å². The zero-order valence-electron chi connectivity index (χ0n) is 23.5. The third-order valence-electron chi connectivity index (χ3n) is 7.59. The first kappa shape index (κ1) is 28.5. The van der Waals surface area contributed by atoms with Crippen LogP contribution in [0.15, 0.2) is 71.6 Å². The Labute approximate surface area is 254 Å². The predicted molar refractivity (Wildman–Crippen MR) is 167 cm³/mol. The fourth-order valence-electron chi connectivity index (χ4n) is 5.39. The van der Waals surface area contributed by atoms with Crippen LogP contribution < -0.4 is 4.90 Å². The number of sulfonamides is 1. The molecule has 0 fully saturated rings. The van der Waals surface area contributed by atoms with Crippen LogP contribution in [0.4, 0.5) is 5.13 Å². The molecule has 5 aromatic rings. The third kappa shape index (κ3) is 5.47. The summed E-state index contributed by atoms with van der Waals surface area (Å²) in [5, 5.41) is 5.71. The molecular weight excluding hydrogens is 590 g/mol. The van der Waals surface area contributed by atoms with Gasteiger partial charge in [-0.25, -0.2) is 13.4 Å². The SMILES string of the molecule is Cc1cc(C)n(CCN(C(=O)c2ccc(S(=O)(=O)N3CCc4ccccc4C3)cc2)c2nc3c(C)cc(Cl)cc3s2)n1. The monoisotopic (exact) mass is 619 g/mol. The molecule has 0 radical (unpaired) electrons. The lowest BCUT2D eigenvalue weighted by Gasteiger charge is -2.28. The Morgan fingerprint density at radius 3 is 2.48 bits per heavy atom. The normalized spacial score (nSPS) is 13.8. The number of aromatic nitrogens is 3. The van der Waals surface area contributed by atoms with E-state index in [2.05, 4.69) is 5.10 Å². The van der Waals surface area contributed by atoms with Crippen LogP contribution in [-0.4, -0.2) is 46.5 Å². The topological polar surface area (TPSA) is 88.4 Å². The largest absolute Gasteiger partial charge is 0.282 e. The maximum atomic E-state index is 14.0. The maximum absolute atomic E-state index is 14.0. The van der Waals surface area contributed by atoms with Crippen molar-refractivity contribution in [3.8, 4) is 0 Å². The number of carbonyl (C=O) groups excluding carboxylic acids is 1. The molecule has 3 aromatic carbocycles. The average molecular weight is 620 g/mol. The first-order valence-electron chi connectivity index (χ1n) is 13.7. The number of thiazole rings is 1. The Morgan fingerprint density at radius 2 is 1.76 bits per heavy atom. The lowest BCUT2D eigenvalue weighted by atomic mass is 10.0. The van der Waals surface area contributed by atoms with Gasteiger partial charge in [-0.3, -0.25) is 14.4 Å². The highest BCUT2D eigenvalue weighted by Crippen LogP contribution is 2.34. The lowest BCUT2D eigenvalue weighted by molar-refractivity contribution is 0.0985. The molecular formula is C31H30ClN5O3S2. The van der Waals surface area contributed by atoms with Gasteiger partial charge in [0, 0.05) is 35.9 Å². The quantitative estimate of drug-likeness (QED) is 0.218. The highest BCUT2D eigenvalue weighted by Gasteiger charge is 2.29. The molecule has 1 amide bonds. The Morgan fingerprint density at radius 1 is 1.02 bits per heavy atom. The molecule has 0 spiro atoms. The average Bonchev–Trinajstić information content (AvgIpc) is 3.54. The number of aryl methyl sites for hydroxylation is 3. The number of amides is 1. The second-order valence-corrected chi connectivity index (χ2v) is 13.9. The van der Waals surface area contributed by atoms with Crippen LogP contribution >= 0.6 is 22.9 Å². The Balaban J connectivity index is 1.29. The van der Waals surface area contributed by atoms with Gasteiger partial charge in [0.15, 0.2) is 5.13 Å². The molecule has 42 heavy (non-hydrogen) atoms. The van der Waals surface area contributed by atoms with Gasteiger partial charge in [0.05, 0.1) is 27.4 Å². The maximum Gasteiger partial charge on any atom is 0.260 e. The molecule has 8 nitrogen and oxygen atoms in total. The van der Waals surface area contributed by atoms with Gasteiger partial charge in [-0.15, -0.1) is 0 Å². The molecule has 0 saturated heterocycles. The van der Waals surface area contributed by atoms with Crippen LogP contribution in [0.5, 0.6) is 0 Å². The summed E-state index contributed by atoms with van der Waals surface area (Å²) in [6.07, 6.45) is 0.670. The first-order valence-corrected chi connectivity index (χ1v) is 16.3. The van der Waals surface area contributed by atoms with E-state index in [9.17, 15) is 13.2 Å². The lowest BCUT2D eigenvalue weighted by Crippen LogP contribution is -2.36. The van der Waals surface area contributed by atoms with Crippen molar-refractivity contribution >= 4 is 54.2 Å². The van der Waals surface area contributed by atoms with Gasteiger partial charge >= 0.3 is 0 Å². The van der Waals surface area contributed by atoms with Crippen molar-refractivity contribution in [2.45, 2.75) is 45.2 Å². The third-order valence-corrected chi connectivity index (χ3v) is 10.7. The summed E-state index contributed by atoms with van der Waals surface area (Å²) in [6, 6.07) is 19.8. The van der Waals surface area contributed by atoms with Crippen LogP contribution in [0, 0.1) is 20.8 Å². The Bertz CT molecular complexity index is 1910. The van der Waals surface area contributed by atoms with Crippen molar-refractivity contribution in [3.63, 3.8) is 0 Å². The predicted octanol–water partition coefficient (Wildman–Crippen LogP) is 6.17. The van der Waals surface area contributed by atoms with E-state index < -0.39 is 10.0 Å². The number of fused-ring (bicyclic) bond motifs is 2. The van der Waals surface area contributed by atoms with Gasteiger partial charge in [0.1, 0.15) is 0 Å². The number of hydrogen-bond donors (Lipinski definition) is 0. The molecule has 0 atom stereocenters. The second kappa shape index (κ2) is 11.3. The minimum Gasteiger partial charge on any atom is -0.282 e. The number of nitrogens with zero attached hydrogens (tertiary/aromatic N) is 5. The summed E-state index contributed by atoms with van der Waals surface area (Å²) in [4.78, 5) is 20.6. The van der Waals surface area contributed by atoms with E-state index >= 15 is 0 Å². The van der Waals surface area contributed by atoms with E-state index in [-0.39, 0.29) is 10.8 Å². The van der Waals surface area contributed by atoms with Crippen molar-refractivity contribution < 1.29 is 13.2 Å². The summed E-state index contributed by atoms with van der Waals surface area (Å²) >= 11 is 7.70. The van der Waals surface area contributed by atoms with Crippen molar-refractivity contribution in [2.24, 2.45) is 0 Å². The summed E-state index contributed by atoms with van der Waals surface area (Å²) < 4.78 is 31.2. The highest BCUT2D eigenvalue weighted by atomic mass is 35.5. The van der Waals surface area contributed by atoms with E-state index in [0.29, 0.717) is 48.3 Å². The molecule has 0 N–H and O–H groups in total. The fourth-order valence-corrected chi connectivity index (χ4v) is 8.25. The molecule has 0 saturated carbocycles. The van der Waals surface area contributed by atoms with E-state index in [0.717, 1.165) is 32.7 Å². The molecule has 3 heterocycles. The number of rotatable bonds is 7. The van der Waals surface area contributed by atoms with Crippen LogP contribution in [0.2, 0.25) is 5.02 Å². The second-order valence-electron chi connectivity index (χ2n) is 10.6. The molecule has 6 rings (SSSR count). The molecule has 216 valence electrons. The zero-order chi connectivity index (χ0) is 29.6. The van der Waals surface area contributed by atoms with Crippen molar-refractivity contribution in [2.75, 3.05) is 18.0 Å². The number of anilines is 1. The number of carbonyl (C=O) groups is 1. The Hall–Kier alpha value is -3.57. The summed E-state index contributed by atoms with van der Waals surface area (Å²) in [5.74, 6) is -0.268. The van der Waals surface area contributed by atoms with Gasteiger partial charge in [-0.1, -0.05) is 47.2 Å². The minimum atomic E-state index is -3.72. The fraction of sp³-hybridized carbons (Fsp3) is 0.258. The van der Waals surface area contributed by atoms with Gasteiger partial charge in [0.2, 0.25) is 10.0 Å². The van der Waals surface area contributed by atoms with E-state index in [4.69, 9.17) is 16.6 Å². The summed E-state index contributed by atoms with van der Waals surface area (Å²) in [6.45, 7) is 7.42. The van der Waals surface area contributed by atoms with Gasteiger partial charge in [-0.05, 0) is 86.3 Å². The number of hydrogen-bond acceptors (Lipinski definition) is 6. The van der Waals surface area contributed by atoms with E-state index in [1.807, 2.05) is 67.9 Å². The van der Waals surface area contributed by atoms with Gasteiger partial charge in [0.25, 0.3) is 5.91 Å². The number of halogens is 1. The zero-order valence-corrected chi connectivity index (χ0v) is 25.9. The van der Waals surface area contributed by atoms with Gasteiger partial charge < -0.3 is 0 Å². The van der Waals surface area contributed by atoms with Crippen molar-refractivity contribution in [1.82, 2.24) is 19.1 Å². The van der Waals surface area contributed by atoms with E-state index in [1.165, 1.54) is 33.3 Å².